The summed E-state index contributed by atoms with van der Waals surface area (Å²) in [6, 6.07) is 10.2. The first-order valence-electron chi connectivity index (χ1n) is 8.30. The molecule has 1 atom stereocenters. The molecule has 1 fully saturated rings. The number of carbonyl (C=O) groups is 1. The monoisotopic (exact) mass is 328 g/mol. The number of aryl methyl sites for hydroxylation is 1. The SMILES string of the molecule is Cn1ccnc1NC(=O)CC1(O)CCCN(Cc2ccccc2)C1. The molecule has 2 aromatic rings. The number of aromatic nitrogens is 2. The summed E-state index contributed by atoms with van der Waals surface area (Å²) >= 11 is 0. The van der Waals surface area contributed by atoms with Gasteiger partial charge >= 0.3 is 0 Å². The number of carbonyl (C=O) groups excluding carboxylic acids is 1. The average Bonchev–Trinajstić information content (AvgIpc) is 2.93. The highest BCUT2D eigenvalue weighted by molar-refractivity contribution is 5.89. The number of nitrogens with one attached hydrogen (secondary N) is 1. The Morgan fingerprint density at radius 2 is 2.17 bits per heavy atom. The fourth-order valence-electron chi connectivity index (χ4n) is 3.28. The Morgan fingerprint density at radius 3 is 2.88 bits per heavy atom. The minimum atomic E-state index is -0.984. The number of nitrogens with zero attached hydrogens (tertiary/aromatic N) is 3. The largest absolute Gasteiger partial charge is 0.388 e. The molecule has 6 nitrogen and oxygen atoms in total. The van der Waals surface area contributed by atoms with E-state index in [9.17, 15) is 9.90 Å². The van der Waals surface area contributed by atoms with Crippen molar-refractivity contribution in [1.29, 1.82) is 0 Å². The molecule has 1 aliphatic rings. The zero-order chi connectivity index (χ0) is 17.0. The number of rotatable bonds is 5. The van der Waals surface area contributed by atoms with Crippen LogP contribution in [0.25, 0.3) is 0 Å². The fourth-order valence-corrected chi connectivity index (χ4v) is 3.28. The summed E-state index contributed by atoms with van der Waals surface area (Å²) in [5, 5.41) is 13.6. The number of hydrogen-bond donors (Lipinski definition) is 2. The number of hydrogen-bond acceptors (Lipinski definition) is 4. The second-order valence-electron chi connectivity index (χ2n) is 6.61. The van der Waals surface area contributed by atoms with Gasteiger partial charge < -0.3 is 9.67 Å². The molecule has 24 heavy (non-hydrogen) atoms. The summed E-state index contributed by atoms with van der Waals surface area (Å²) in [4.78, 5) is 18.6. The van der Waals surface area contributed by atoms with Crippen LogP contribution in [0.3, 0.4) is 0 Å². The summed E-state index contributed by atoms with van der Waals surface area (Å²) in [6.07, 6.45) is 5.02. The van der Waals surface area contributed by atoms with E-state index < -0.39 is 5.60 Å². The Labute approximate surface area is 142 Å². The Kier molecular flexibility index (Phi) is 4.97. The third-order valence-electron chi connectivity index (χ3n) is 4.45. The van der Waals surface area contributed by atoms with Gasteiger partial charge in [-0.25, -0.2) is 4.98 Å². The van der Waals surface area contributed by atoms with E-state index in [1.54, 1.807) is 17.0 Å². The van der Waals surface area contributed by atoms with Crippen LogP contribution in [-0.2, 0) is 18.4 Å². The zero-order valence-electron chi connectivity index (χ0n) is 14.0. The maximum Gasteiger partial charge on any atom is 0.229 e. The molecule has 1 aliphatic heterocycles. The zero-order valence-corrected chi connectivity index (χ0v) is 14.0. The first kappa shape index (κ1) is 16.7. The van der Waals surface area contributed by atoms with Crippen LogP contribution in [0.2, 0.25) is 0 Å². The number of anilines is 1. The van der Waals surface area contributed by atoms with Gasteiger partial charge in [-0.15, -0.1) is 0 Å². The normalized spacial score (nSPS) is 21.6. The molecule has 2 N–H and O–H groups in total. The minimum absolute atomic E-state index is 0.0884. The van der Waals surface area contributed by atoms with Gasteiger partial charge in [-0.3, -0.25) is 15.0 Å². The molecule has 1 amide bonds. The van der Waals surface area contributed by atoms with Crippen molar-refractivity contribution in [2.45, 2.75) is 31.4 Å². The van der Waals surface area contributed by atoms with Crippen LogP contribution < -0.4 is 5.32 Å². The van der Waals surface area contributed by atoms with Crippen molar-refractivity contribution in [1.82, 2.24) is 14.5 Å². The van der Waals surface area contributed by atoms with Crippen molar-refractivity contribution in [3.8, 4) is 0 Å². The molecule has 6 heteroatoms. The summed E-state index contributed by atoms with van der Waals surface area (Å²) in [5.41, 5.74) is 0.238. The highest BCUT2D eigenvalue weighted by atomic mass is 16.3. The molecular formula is C18H24N4O2. The number of benzene rings is 1. The summed E-state index contributed by atoms with van der Waals surface area (Å²) in [6.45, 7) is 2.25. The maximum atomic E-state index is 12.3. The first-order chi connectivity index (χ1) is 11.5. The van der Waals surface area contributed by atoms with Crippen LogP contribution in [0.15, 0.2) is 42.7 Å². The van der Waals surface area contributed by atoms with E-state index in [0.29, 0.717) is 18.9 Å². The molecule has 128 valence electrons. The molecule has 0 aliphatic carbocycles. The lowest BCUT2D eigenvalue weighted by Crippen LogP contribution is -2.49. The van der Waals surface area contributed by atoms with Gasteiger partial charge in [-0.1, -0.05) is 30.3 Å². The van der Waals surface area contributed by atoms with Crippen LogP contribution in [0.1, 0.15) is 24.8 Å². The summed E-state index contributed by atoms with van der Waals surface area (Å²) < 4.78 is 1.74. The van der Waals surface area contributed by atoms with E-state index in [1.807, 2.05) is 25.2 Å². The average molecular weight is 328 g/mol. The van der Waals surface area contributed by atoms with Crippen molar-refractivity contribution < 1.29 is 9.90 Å². The molecule has 1 saturated heterocycles. The van der Waals surface area contributed by atoms with Crippen molar-refractivity contribution in [3.63, 3.8) is 0 Å². The number of piperidine rings is 1. The fraction of sp³-hybridized carbons (Fsp3) is 0.444. The Morgan fingerprint density at radius 1 is 1.38 bits per heavy atom. The lowest BCUT2D eigenvalue weighted by molar-refractivity contribution is -0.124. The van der Waals surface area contributed by atoms with Crippen molar-refractivity contribution >= 4 is 11.9 Å². The van der Waals surface area contributed by atoms with Gasteiger partial charge in [0.05, 0.1) is 12.0 Å². The lowest BCUT2D eigenvalue weighted by Gasteiger charge is -2.39. The van der Waals surface area contributed by atoms with Crippen molar-refractivity contribution in [2.75, 3.05) is 18.4 Å². The summed E-state index contributed by atoms with van der Waals surface area (Å²) in [5.74, 6) is 0.300. The second kappa shape index (κ2) is 7.15. The molecule has 1 aromatic carbocycles. The number of imidazole rings is 1. The third-order valence-corrected chi connectivity index (χ3v) is 4.45. The van der Waals surface area contributed by atoms with E-state index in [2.05, 4.69) is 27.3 Å². The molecule has 1 unspecified atom stereocenters. The van der Waals surface area contributed by atoms with E-state index in [4.69, 9.17) is 0 Å². The Balaban J connectivity index is 1.58. The molecule has 0 spiro atoms. The van der Waals surface area contributed by atoms with Gasteiger partial charge in [0, 0.05) is 32.5 Å². The molecule has 0 radical (unpaired) electrons. The van der Waals surface area contributed by atoms with Crippen LogP contribution in [-0.4, -0.2) is 44.2 Å². The smallest absolute Gasteiger partial charge is 0.229 e. The standard InChI is InChI=1S/C18H24N4O2/c1-21-11-9-19-17(21)20-16(23)12-18(24)8-5-10-22(14-18)13-15-6-3-2-4-7-15/h2-4,6-7,9,11,24H,5,8,10,12-14H2,1H3,(H,19,20,23). The van der Waals surface area contributed by atoms with E-state index in [0.717, 1.165) is 19.5 Å². The van der Waals surface area contributed by atoms with E-state index in [-0.39, 0.29) is 12.3 Å². The Hall–Kier alpha value is -2.18. The second-order valence-corrected chi connectivity index (χ2v) is 6.61. The van der Waals surface area contributed by atoms with Gasteiger partial charge in [-0.05, 0) is 24.9 Å². The molecule has 1 aromatic heterocycles. The van der Waals surface area contributed by atoms with E-state index in [1.165, 1.54) is 5.56 Å². The van der Waals surface area contributed by atoms with Crippen molar-refractivity contribution in [3.05, 3.63) is 48.3 Å². The van der Waals surface area contributed by atoms with Crippen LogP contribution in [0.5, 0.6) is 0 Å². The third kappa shape index (κ3) is 4.21. The van der Waals surface area contributed by atoms with Crippen molar-refractivity contribution in [2.24, 2.45) is 7.05 Å². The number of amides is 1. The molecule has 0 bridgehead atoms. The van der Waals surface area contributed by atoms with E-state index >= 15 is 0 Å². The Bertz CT molecular complexity index is 685. The molecule has 3 rings (SSSR count). The maximum absolute atomic E-state index is 12.3. The quantitative estimate of drug-likeness (QED) is 0.878. The highest BCUT2D eigenvalue weighted by Crippen LogP contribution is 2.26. The van der Waals surface area contributed by atoms with Gasteiger partial charge in [0.2, 0.25) is 11.9 Å². The number of β-amino-alcohol motifs (C(OH)–C–C–N with tert-alkyl or cyclic N) is 1. The predicted octanol–water partition coefficient (Wildman–Crippen LogP) is 1.78. The first-order valence-corrected chi connectivity index (χ1v) is 8.30. The number of likely N-dealkylation sites (tertiary alicyclic amines) is 1. The highest BCUT2D eigenvalue weighted by Gasteiger charge is 2.35. The van der Waals surface area contributed by atoms with Crippen LogP contribution >= 0.6 is 0 Å². The summed E-state index contributed by atoms with van der Waals surface area (Å²) in [7, 11) is 1.82. The lowest BCUT2D eigenvalue weighted by atomic mass is 9.89. The van der Waals surface area contributed by atoms with Gasteiger partial charge in [0.25, 0.3) is 0 Å². The predicted molar refractivity (Wildman–Crippen MR) is 92.4 cm³/mol. The number of aliphatic hydroxyl groups is 1. The molecule has 2 heterocycles. The molecular weight excluding hydrogens is 304 g/mol. The van der Waals surface area contributed by atoms with Gasteiger partial charge in [0.15, 0.2) is 0 Å². The van der Waals surface area contributed by atoms with Gasteiger partial charge in [0.1, 0.15) is 0 Å². The molecule has 0 saturated carbocycles. The topological polar surface area (TPSA) is 70.4 Å². The van der Waals surface area contributed by atoms with Crippen LogP contribution in [0.4, 0.5) is 5.95 Å². The van der Waals surface area contributed by atoms with Crippen LogP contribution in [0, 0.1) is 0 Å². The van der Waals surface area contributed by atoms with Gasteiger partial charge in [-0.2, -0.15) is 0 Å². The minimum Gasteiger partial charge on any atom is -0.388 e.